The lowest BCUT2D eigenvalue weighted by Crippen LogP contribution is -2.05. The van der Waals surface area contributed by atoms with E-state index in [1.54, 1.807) is 14.0 Å². The Morgan fingerprint density at radius 1 is 1.50 bits per heavy atom. The number of ether oxygens (including phenoxy) is 3. The Hall–Kier alpha value is -1.56. The lowest BCUT2D eigenvalue weighted by Gasteiger charge is -1.99. The molecule has 0 N–H and O–H groups in total. The first kappa shape index (κ1) is 12.5. The van der Waals surface area contributed by atoms with Gasteiger partial charge < -0.3 is 18.6 Å². The summed E-state index contributed by atoms with van der Waals surface area (Å²) in [5, 5.41) is 0. The maximum absolute atomic E-state index is 11.2. The predicted molar refractivity (Wildman–Crippen MR) is 54.4 cm³/mol. The van der Waals surface area contributed by atoms with Gasteiger partial charge in [0, 0.05) is 20.1 Å². The van der Waals surface area contributed by atoms with Crippen LogP contribution in [0.2, 0.25) is 0 Å². The van der Waals surface area contributed by atoms with Crippen molar-refractivity contribution in [3.63, 3.8) is 0 Å². The third-order valence-electron chi connectivity index (χ3n) is 1.69. The summed E-state index contributed by atoms with van der Waals surface area (Å²) in [4.78, 5) is 15.0. The monoisotopic (exact) mass is 229 g/mol. The van der Waals surface area contributed by atoms with Crippen LogP contribution in [0, 0.1) is 0 Å². The molecular weight excluding hydrogens is 214 g/mol. The Bertz CT molecular complexity index is 323. The molecule has 0 bridgehead atoms. The quantitative estimate of drug-likeness (QED) is 0.518. The summed E-state index contributed by atoms with van der Waals surface area (Å²) in [5.41, 5.74) is 0.114. The van der Waals surface area contributed by atoms with Gasteiger partial charge in [-0.3, -0.25) is 0 Å². The van der Waals surface area contributed by atoms with E-state index in [2.05, 4.69) is 4.98 Å². The first-order chi connectivity index (χ1) is 7.77. The van der Waals surface area contributed by atoms with Crippen LogP contribution in [0.1, 0.15) is 23.8 Å². The van der Waals surface area contributed by atoms with Gasteiger partial charge in [0.1, 0.15) is 6.26 Å². The molecule has 90 valence electrons. The van der Waals surface area contributed by atoms with Crippen molar-refractivity contribution >= 4 is 5.97 Å². The van der Waals surface area contributed by atoms with E-state index in [9.17, 15) is 4.79 Å². The van der Waals surface area contributed by atoms with Gasteiger partial charge in [0.25, 0.3) is 0 Å². The van der Waals surface area contributed by atoms with Gasteiger partial charge >= 0.3 is 12.0 Å². The van der Waals surface area contributed by atoms with Crippen molar-refractivity contribution in [2.24, 2.45) is 0 Å². The zero-order chi connectivity index (χ0) is 11.8. The van der Waals surface area contributed by atoms with E-state index >= 15 is 0 Å². The Morgan fingerprint density at radius 2 is 2.31 bits per heavy atom. The van der Waals surface area contributed by atoms with Crippen molar-refractivity contribution in [1.82, 2.24) is 4.98 Å². The molecule has 1 rings (SSSR count). The van der Waals surface area contributed by atoms with E-state index in [1.165, 1.54) is 6.26 Å². The Morgan fingerprint density at radius 3 is 3.00 bits per heavy atom. The third kappa shape index (κ3) is 3.90. The average Bonchev–Trinajstić information content (AvgIpc) is 2.73. The molecule has 0 amide bonds. The highest BCUT2D eigenvalue weighted by Gasteiger charge is 2.13. The van der Waals surface area contributed by atoms with E-state index < -0.39 is 5.97 Å². The molecule has 0 saturated carbocycles. The minimum atomic E-state index is -0.516. The fourth-order valence-corrected chi connectivity index (χ4v) is 0.985. The van der Waals surface area contributed by atoms with Crippen LogP contribution in [0.15, 0.2) is 10.7 Å². The summed E-state index contributed by atoms with van der Waals surface area (Å²) in [5.74, 6) is -0.516. The molecule has 0 unspecified atom stereocenters. The summed E-state index contributed by atoms with van der Waals surface area (Å²) in [6.45, 7) is 3.05. The smallest absolute Gasteiger partial charge is 0.394 e. The minimum Gasteiger partial charge on any atom is -0.461 e. The number of carbonyl (C=O) groups excluding carboxylic acids is 1. The van der Waals surface area contributed by atoms with Crippen molar-refractivity contribution in [1.29, 1.82) is 0 Å². The van der Waals surface area contributed by atoms with Crippen molar-refractivity contribution < 1.29 is 23.4 Å². The Kier molecular flexibility index (Phi) is 5.35. The van der Waals surface area contributed by atoms with Crippen LogP contribution in [-0.2, 0) is 9.47 Å². The number of methoxy groups -OCH3 is 1. The molecule has 0 aliphatic carbocycles. The number of rotatable bonds is 7. The molecule has 0 atom stereocenters. The van der Waals surface area contributed by atoms with Crippen LogP contribution in [0.3, 0.4) is 0 Å². The van der Waals surface area contributed by atoms with E-state index in [-0.39, 0.29) is 11.8 Å². The molecule has 1 heterocycles. The normalized spacial score (nSPS) is 10.1. The van der Waals surface area contributed by atoms with Gasteiger partial charge in [-0.05, 0) is 6.92 Å². The molecule has 0 spiro atoms. The molecule has 6 nitrogen and oxygen atoms in total. The van der Waals surface area contributed by atoms with E-state index in [1.807, 2.05) is 0 Å². The van der Waals surface area contributed by atoms with Crippen LogP contribution in [0.25, 0.3) is 0 Å². The molecular formula is C10H15NO5. The predicted octanol–water partition coefficient (Wildman–Crippen LogP) is 1.27. The fourth-order valence-electron chi connectivity index (χ4n) is 0.985. The van der Waals surface area contributed by atoms with E-state index in [0.717, 1.165) is 6.42 Å². The summed E-state index contributed by atoms with van der Waals surface area (Å²) < 4.78 is 19.7. The molecule has 1 aromatic heterocycles. The number of esters is 1. The number of hydrogen-bond acceptors (Lipinski definition) is 6. The van der Waals surface area contributed by atoms with Crippen molar-refractivity contribution in [2.45, 2.75) is 13.3 Å². The van der Waals surface area contributed by atoms with Crippen LogP contribution < -0.4 is 4.74 Å². The largest absolute Gasteiger partial charge is 0.461 e. The third-order valence-corrected chi connectivity index (χ3v) is 1.69. The molecule has 0 radical (unpaired) electrons. The minimum absolute atomic E-state index is 0.0687. The molecule has 0 aromatic carbocycles. The van der Waals surface area contributed by atoms with E-state index in [0.29, 0.717) is 19.8 Å². The number of carbonyl (C=O) groups is 1. The number of oxazole rings is 1. The maximum atomic E-state index is 11.2. The maximum Gasteiger partial charge on any atom is 0.394 e. The molecule has 1 aromatic rings. The lowest BCUT2D eigenvalue weighted by atomic mass is 10.5. The molecule has 0 fully saturated rings. The van der Waals surface area contributed by atoms with Crippen LogP contribution in [-0.4, -0.2) is 37.9 Å². The summed E-state index contributed by atoms with van der Waals surface area (Å²) in [6, 6.07) is 0. The van der Waals surface area contributed by atoms with Crippen molar-refractivity contribution in [2.75, 3.05) is 26.9 Å². The summed E-state index contributed by atoms with van der Waals surface area (Å²) >= 11 is 0. The molecule has 16 heavy (non-hydrogen) atoms. The summed E-state index contributed by atoms with van der Waals surface area (Å²) in [6.07, 6.45) is 2.01. The van der Waals surface area contributed by atoms with Gasteiger partial charge in [0.2, 0.25) is 0 Å². The highest BCUT2D eigenvalue weighted by molar-refractivity contribution is 5.86. The highest BCUT2D eigenvalue weighted by Crippen LogP contribution is 2.11. The van der Waals surface area contributed by atoms with Gasteiger partial charge in [-0.25, -0.2) is 4.79 Å². The second-order valence-corrected chi connectivity index (χ2v) is 2.91. The average molecular weight is 229 g/mol. The lowest BCUT2D eigenvalue weighted by molar-refractivity contribution is 0.0519. The van der Waals surface area contributed by atoms with Crippen molar-refractivity contribution in [3.05, 3.63) is 12.0 Å². The molecule has 0 aliphatic rings. The zero-order valence-corrected chi connectivity index (χ0v) is 9.39. The standard InChI is InChI=1S/C10H15NO5/c1-3-14-9(12)8-7-16-10(11-8)15-6-4-5-13-2/h7H,3-6H2,1-2H3. The fraction of sp³-hybridized carbons (Fsp3) is 0.600. The molecule has 0 saturated heterocycles. The first-order valence-corrected chi connectivity index (χ1v) is 5.02. The van der Waals surface area contributed by atoms with Gasteiger partial charge in [-0.1, -0.05) is 0 Å². The SMILES string of the molecule is CCOC(=O)c1coc(OCCCOC)n1. The van der Waals surface area contributed by atoms with E-state index in [4.69, 9.17) is 18.6 Å². The number of aromatic nitrogens is 1. The summed E-state index contributed by atoms with van der Waals surface area (Å²) in [7, 11) is 1.62. The van der Waals surface area contributed by atoms with Gasteiger partial charge in [-0.15, -0.1) is 0 Å². The van der Waals surface area contributed by atoms with Crippen LogP contribution in [0.5, 0.6) is 6.08 Å². The highest BCUT2D eigenvalue weighted by atomic mass is 16.6. The number of hydrogen-bond donors (Lipinski definition) is 0. The zero-order valence-electron chi connectivity index (χ0n) is 9.39. The van der Waals surface area contributed by atoms with Gasteiger partial charge in [-0.2, -0.15) is 4.98 Å². The van der Waals surface area contributed by atoms with Crippen LogP contribution >= 0.6 is 0 Å². The van der Waals surface area contributed by atoms with Crippen LogP contribution in [0.4, 0.5) is 0 Å². The van der Waals surface area contributed by atoms with Crippen molar-refractivity contribution in [3.8, 4) is 6.08 Å². The topological polar surface area (TPSA) is 70.8 Å². The second kappa shape index (κ2) is 6.84. The Labute approximate surface area is 93.5 Å². The molecule has 0 aliphatic heterocycles. The Balaban J connectivity index is 2.36. The molecule has 6 heteroatoms. The number of nitrogens with zero attached hydrogens (tertiary/aromatic N) is 1. The second-order valence-electron chi connectivity index (χ2n) is 2.91. The van der Waals surface area contributed by atoms with Gasteiger partial charge in [0.05, 0.1) is 13.2 Å². The first-order valence-electron chi connectivity index (χ1n) is 5.02. The van der Waals surface area contributed by atoms with Gasteiger partial charge in [0.15, 0.2) is 5.69 Å².